The molecule has 8 heteroatoms. The fourth-order valence-electron chi connectivity index (χ4n) is 4.06. The SMILES string of the molecule is CC(C)N1CC(OCc2ccc(F)cc2)CN(C(=O)c2cccc(Cn3cccn3)c2)CC1=O. The van der Waals surface area contributed by atoms with E-state index in [1.54, 1.807) is 38.9 Å². The number of carbonyl (C=O) groups excluding carboxylic acids is 2. The first-order valence-electron chi connectivity index (χ1n) is 11.4. The largest absolute Gasteiger partial charge is 0.370 e. The van der Waals surface area contributed by atoms with E-state index in [1.165, 1.54) is 12.1 Å². The van der Waals surface area contributed by atoms with Crippen molar-refractivity contribution in [3.05, 3.63) is 89.5 Å². The van der Waals surface area contributed by atoms with Gasteiger partial charge in [0.2, 0.25) is 5.91 Å². The molecule has 1 unspecified atom stereocenters. The Bertz CT molecular complexity index is 1120. The summed E-state index contributed by atoms with van der Waals surface area (Å²) < 4.78 is 21.1. The number of halogens is 1. The monoisotopic (exact) mass is 464 g/mol. The molecule has 0 N–H and O–H groups in total. The molecule has 0 radical (unpaired) electrons. The van der Waals surface area contributed by atoms with Gasteiger partial charge in [-0.2, -0.15) is 5.10 Å². The molecule has 7 nitrogen and oxygen atoms in total. The maximum Gasteiger partial charge on any atom is 0.254 e. The van der Waals surface area contributed by atoms with E-state index in [9.17, 15) is 14.0 Å². The quantitative estimate of drug-likeness (QED) is 0.538. The van der Waals surface area contributed by atoms with E-state index in [0.717, 1.165) is 11.1 Å². The van der Waals surface area contributed by atoms with Gasteiger partial charge in [0, 0.05) is 37.1 Å². The van der Waals surface area contributed by atoms with Crippen LogP contribution < -0.4 is 0 Å². The van der Waals surface area contributed by atoms with Crippen molar-refractivity contribution in [1.82, 2.24) is 19.6 Å². The molecule has 0 bridgehead atoms. The summed E-state index contributed by atoms with van der Waals surface area (Å²) >= 11 is 0. The van der Waals surface area contributed by atoms with Crippen molar-refractivity contribution in [2.24, 2.45) is 0 Å². The minimum absolute atomic E-state index is 0.00317. The number of carbonyl (C=O) groups is 2. The van der Waals surface area contributed by atoms with Gasteiger partial charge in [0.25, 0.3) is 5.91 Å². The molecule has 178 valence electrons. The minimum Gasteiger partial charge on any atom is -0.370 e. The van der Waals surface area contributed by atoms with Crippen LogP contribution >= 0.6 is 0 Å². The molecule has 0 aliphatic carbocycles. The second-order valence-corrected chi connectivity index (χ2v) is 8.79. The summed E-state index contributed by atoms with van der Waals surface area (Å²) in [5.41, 5.74) is 2.30. The molecule has 2 aromatic carbocycles. The average molecular weight is 465 g/mol. The van der Waals surface area contributed by atoms with Gasteiger partial charge in [0.1, 0.15) is 12.4 Å². The van der Waals surface area contributed by atoms with Gasteiger partial charge in [0.05, 0.1) is 19.3 Å². The molecule has 1 aliphatic heterocycles. The Balaban J connectivity index is 1.50. The molecule has 1 atom stereocenters. The molecule has 1 aliphatic rings. The van der Waals surface area contributed by atoms with E-state index in [1.807, 2.05) is 44.3 Å². The molecule has 1 aromatic heterocycles. The van der Waals surface area contributed by atoms with Gasteiger partial charge in [-0.05, 0) is 55.3 Å². The third kappa shape index (κ3) is 5.88. The Kier molecular flexibility index (Phi) is 7.37. The minimum atomic E-state index is -0.366. The Hall–Kier alpha value is -3.52. The number of ether oxygens (including phenoxy) is 1. The second kappa shape index (κ2) is 10.6. The Labute approximate surface area is 198 Å². The highest BCUT2D eigenvalue weighted by atomic mass is 19.1. The lowest BCUT2D eigenvalue weighted by Crippen LogP contribution is -2.42. The molecular weight excluding hydrogens is 435 g/mol. The van der Waals surface area contributed by atoms with Gasteiger partial charge in [0.15, 0.2) is 0 Å². The molecule has 1 saturated heterocycles. The first-order valence-corrected chi connectivity index (χ1v) is 11.4. The van der Waals surface area contributed by atoms with Crippen LogP contribution in [0.4, 0.5) is 4.39 Å². The Morgan fingerprint density at radius 2 is 1.91 bits per heavy atom. The topological polar surface area (TPSA) is 67.7 Å². The van der Waals surface area contributed by atoms with E-state index in [0.29, 0.717) is 25.2 Å². The van der Waals surface area contributed by atoms with E-state index in [-0.39, 0.29) is 42.9 Å². The molecule has 1 fully saturated rings. The van der Waals surface area contributed by atoms with Gasteiger partial charge in [-0.1, -0.05) is 24.3 Å². The van der Waals surface area contributed by atoms with Crippen molar-refractivity contribution >= 4 is 11.8 Å². The summed E-state index contributed by atoms with van der Waals surface area (Å²) in [6.45, 7) is 5.40. The summed E-state index contributed by atoms with van der Waals surface area (Å²) in [5, 5.41) is 4.22. The smallest absolute Gasteiger partial charge is 0.254 e. The molecule has 2 amide bonds. The van der Waals surface area contributed by atoms with Crippen molar-refractivity contribution in [2.45, 2.75) is 39.1 Å². The zero-order valence-corrected chi connectivity index (χ0v) is 19.4. The fourth-order valence-corrected chi connectivity index (χ4v) is 4.06. The van der Waals surface area contributed by atoms with Gasteiger partial charge >= 0.3 is 0 Å². The van der Waals surface area contributed by atoms with Gasteiger partial charge < -0.3 is 14.5 Å². The predicted octanol–water partition coefficient (Wildman–Crippen LogP) is 3.35. The van der Waals surface area contributed by atoms with Crippen molar-refractivity contribution in [2.75, 3.05) is 19.6 Å². The second-order valence-electron chi connectivity index (χ2n) is 8.79. The molecule has 0 spiro atoms. The first kappa shape index (κ1) is 23.6. The van der Waals surface area contributed by atoms with Crippen LogP contribution in [0.1, 0.15) is 35.3 Å². The first-order chi connectivity index (χ1) is 16.4. The lowest BCUT2D eigenvalue weighted by Gasteiger charge is -2.27. The maximum atomic E-state index is 13.4. The molecule has 3 aromatic rings. The number of hydrogen-bond acceptors (Lipinski definition) is 4. The van der Waals surface area contributed by atoms with E-state index >= 15 is 0 Å². The van der Waals surface area contributed by atoms with Gasteiger partial charge in [-0.15, -0.1) is 0 Å². The summed E-state index contributed by atoms with van der Waals surface area (Å²) in [7, 11) is 0. The zero-order chi connectivity index (χ0) is 24.1. The number of hydrogen-bond donors (Lipinski definition) is 0. The van der Waals surface area contributed by atoms with E-state index < -0.39 is 0 Å². The standard InChI is InChI=1S/C26H29FN4O3/c1-19(2)31-16-24(34-18-20-7-9-23(27)10-8-20)15-29(17-25(31)32)26(33)22-6-3-5-21(13-22)14-30-12-4-11-28-30/h3-13,19,24H,14-18H2,1-2H3. The molecule has 34 heavy (non-hydrogen) atoms. The van der Waals surface area contributed by atoms with Crippen molar-refractivity contribution < 1.29 is 18.7 Å². The summed E-state index contributed by atoms with van der Waals surface area (Å²) in [5.74, 6) is -0.623. The number of aromatic nitrogens is 2. The van der Waals surface area contributed by atoms with Crippen LogP contribution in [0.3, 0.4) is 0 Å². The molecule has 4 rings (SSSR count). The Morgan fingerprint density at radius 1 is 1.12 bits per heavy atom. The normalized spacial score (nSPS) is 16.7. The van der Waals surface area contributed by atoms with Gasteiger partial charge in [-0.25, -0.2) is 4.39 Å². The van der Waals surface area contributed by atoms with E-state index in [2.05, 4.69) is 5.10 Å². The highest BCUT2D eigenvalue weighted by Crippen LogP contribution is 2.17. The Morgan fingerprint density at radius 3 is 2.62 bits per heavy atom. The van der Waals surface area contributed by atoms with Crippen LogP contribution in [0.15, 0.2) is 67.0 Å². The van der Waals surface area contributed by atoms with Crippen LogP contribution in [-0.2, 0) is 22.7 Å². The van der Waals surface area contributed by atoms with Crippen LogP contribution in [0, 0.1) is 5.82 Å². The average Bonchev–Trinajstić information content (AvgIpc) is 3.27. The van der Waals surface area contributed by atoms with Crippen LogP contribution in [-0.4, -0.2) is 63.2 Å². The van der Waals surface area contributed by atoms with Crippen molar-refractivity contribution in [3.63, 3.8) is 0 Å². The number of rotatable bonds is 7. The molecular formula is C26H29FN4O3. The van der Waals surface area contributed by atoms with Crippen LogP contribution in [0.25, 0.3) is 0 Å². The maximum absolute atomic E-state index is 13.4. The summed E-state index contributed by atoms with van der Waals surface area (Å²) in [6, 6.07) is 15.4. The van der Waals surface area contributed by atoms with Gasteiger partial charge in [-0.3, -0.25) is 14.3 Å². The molecule has 2 heterocycles. The highest BCUT2D eigenvalue weighted by molar-refractivity contribution is 5.97. The van der Waals surface area contributed by atoms with E-state index in [4.69, 9.17) is 4.74 Å². The van der Waals surface area contributed by atoms with Crippen molar-refractivity contribution in [1.29, 1.82) is 0 Å². The van der Waals surface area contributed by atoms with Crippen LogP contribution in [0.5, 0.6) is 0 Å². The predicted molar refractivity (Wildman–Crippen MR) is 126 cm³/mol. The third-order valence-electron chi connectivity index (χ3n) is 5.86. The lowest BCUT2D eigenvalue weighted by atomic mass is 10.1. The fraction of sp³-hybridized carbons (Fsp3) is 0.346. The van der Waals surface area contributed by atoms with Crippen molar-refractivity contribution in [3.8, 4) is 0 Å². The zero-order valence-electron chi connectivity index (χ0n) is 19.4. The van der Waals surface area contributed by atoms with Crippen LogP contribution in [0.2, 0.25) is 0 Å². The number of benzene rings is 2. The number of nitrogens with zero attached hydrogens (tertiary/aromatic N) is 4. The summed E-state index contributed by atoms with van der Waals surface area (Å²) in [4.78, 5) is 29.7. The molecule has 0 saturated carbocycles. The lowest BCUT2D eigenvalue weighted by molar-refractivity contribution is -0.133. The third-order valence-corrected chi connectivity index (χ3v) is 5.86. The highest BCUT2D eigenvalue weighted by Gasteiger charge is 2.32. The summed E-state index contributed by atoms with van der Waals surface area (Å²) in [6.07, 6.45) is 3.21. The number of amides is 2.